The van der Waals surface area contributed by atoms with Crippen molar-refractivity contribution in [3.05, 3.63) is 36.2 Å². The van der Waals surface area contributed by atoms with Gasteiger partial charge in [-0.15, -0.1) is 0 Å². The molecule has 6 nitrogen and oxygen atoms in total. The predicted octanol–water partition coefficient (Wildman–Crippen LogP) is 1.03. The summed E-state index contributed by atoms with van der Waals surface area (Å²) in [4.78, 5) is 6.45. The Morgan fingerprint density at radius 1 is 1.40 bits per heavy atom. The van der Waals surface area contributed by atoms with E-state index in [1.54, 1.807) is 0 Å². The van der Waals surface area contributed by atoms with Crippen LogP contribution in [-0.4, -0.2) is 40.7 Å². The molecular weight excluding hydrogens is 254 g/mol. The van der Waals surface area contributed by atoms with E-state index in [-0.39, 0.29) is 6.04 Å². The maximum Gasteiger partial charge on any atom is 0.241 e. The Morgan fingerprint density at radius 2 is 2.25 bits per heavy atom. The first-order valence-electron chi connectivity index (χ1n) is 6.59. The first-order chi connectivity index (χ1) is 9.86. The molecule has 0 aliphatic carbocycles. The van der Waals surface area contributed by atoms with E-state index in [1.165, 1.54) is 0 Å². The van der Waals surface area contributed by atoms with Gasteiger partial charge in [0.15, 0.2) is 0 Å². The van der Waals surface area contributed by atoms with Crippen molar-refractivity contribution in [3.8, 4) is 17.5 Å². The van der Waals surface area contributed by atoms with Gasteiger partial charge in [-0.1, -0.05) is 35.5 Å². The number of hydrogen-bond donors (Lipinski definition) is 1. The second-order valence-electron chi connectivity index (χ2n) is 4.70. The van der Waals surface area contributed by atoms with E-state index >= 15 is 0 Å². The molecule has 2 heterocycles. The number of hydrogen-bond acceptors (Lipinski definition) is 6. The van der Waals surface area contributed by atoms with Crippen molar-refractivity contribution in [1.29, 1.82) is 5.26 Å². The van der Waals surface area contributed by atoms with Crippen molar-refractivity contribution in [2.45, 2.75) is 12.6 Å². The van der Waals surface area contributed by atoms with Crippen LogP contribution in [0.3, 0.4) is 0 Å². The molecule has 0 spiro atoms. The summed E-state index contributed by atoms with van der Waals surface area (Å²) in [7, 11) is 0. The minimum Gasteiger partial charge on any atom is -0.338 e. The van der Waals surface area contributed by atoms with Gasteiger partial charge in [0.05, 0.1) is 12.6 Å². The summed E-state index contributed by atoms with van der Waals surface area (Å²) in [5.41, 5.74) is 0.930. The summed E-state index contributed by atoms with van der Waals surface area (Å²) in [6, 6.07) is 11.9. The molecule has 3 rings (SSSR count). The molecule has 1 aliphatic heterocycles. The van der Waals surface area contributed by atoms with E-state index in [2.05, 4.69) is 26.4 Å². The molecule has 1 aromatic carbocycles. The van der Waals surface area contributed by atoms with Gasteiger partial charge >= 0.3 is 0 Å². The molecule has 1 aliphatic rings. The van der Waals surface area contributed by atoms with Crippen LogP contribution in [0.4, 0.5) is 0 Å². The van der Waals surface area contributed by atoms with Crippen LogP contribution in [0, 0.1) is 11.3 Å². The van der Waals surface area contributed by atoms with Crippen LogP contribution >= 0.6 is 0 Å². The van der Waals surface area contributed by atoms with Crippen LogP contribution in [0.1, 0.15) is 5.89 Å². The lowest BCUT2D eigenvalue weighted by molar-refractivity contribution is 0.167. The summed E-state index contributed by atoms with van der Waals surface area (Å²) < 4.78 is 5.28. The van der Waals surface area contributed by atoms with Crippen LogP contribution in [0.2, 0.25) is 0 Å². The Bertz CT molecular complexity index is 604. The molecule has 1 fully saturated rings. The highest BCUT2D eigenvalue weighted by Gasteiger charge is 2.23. The van der Waals surface area contributed by atoms with Crippen molar-refractivity contribution >= 4 is 0 Å². The smallest absolute Gasteiger partial charge is 0.241 e. The van der Waals surface area contributed by atoms with Gasteiger partial charge in [0.1, 0.15) is 6.04 Å². The summed E-state index contributed by atoms with van der Waals surface area (Å²) in [6.07, 6.45) is 0. The van der Waals surface area contributed by atoms with Gasteiger partial charge in [-0.3, -0.25) is 4.90 Å². The molecule has 1 unspecified atom stereocenters. The zero-order valence-corrected chi connectivity index (χ0v) is 11.0. The van der Waals surface area contributed by atoms with Crippen molar-refractivity contribution in [3.63, 3.8) is 0 Å². The fourth-order valence-electron chi connectivity index (χ4n) is 2.26. The molecule has 1 atom stereocenters. The predicted molar refractivity (Wildman–Crippen MR) is 72.4 cm³/mol. The zero-order chi connectivity index (χ0) is 13.8. The largest absolute Gasteiger partial charge is 0.338 e. The summed E-state index contributed by atoms with van der Waals surface area (Å²) >= 11 is 0. The Balaban J connectivity index is 1.73. The van der Waals surface area contributed by atoms with Crippen molar-refractivity contribution in [1.82, 2.24) is 20.4 Å². The van der Waals surface area contributed by atoms with Crippen molar-refractivity contribution in [2.24, 2.45) is 0 Å². The van der Waals surface area contributed by atoms with Gasteiger partial charge in [0, 0.05) is 25.2 Å². The highest BCUT2D eigenvalue weighted by atomic mass is 16.5. The average molecular weight is 269 g/mol. The van der Waals surface area contributed by atoms with Gasteiger partial charge in [-0.05, 0) is 0 Å². The van der Waals surface area contributed by atoms with Gasteiger partial charge in [-0.25, -0.2) is 0 Å². The Hall–Kier alpha value is -2.23. The fraction of sp³-hybridized carbons (Fsp3) is 0.357. The van der Waals surface area contributed by atoms with Gasteiger partial charge in [0.2, 0.25) is 11.7 Å². The zero-order valence-electron chi connectivity index (χ0n) is 11.0. The number of piperazine rings is 1. The Labute approximate surface area is 117 Å². The number of nitriles is 1. The van der Waals surface area contributed by atoms with Crippen LogP contribution in [0.15, 0.2) is 34.9 Å². The molecule has 0 bridgehead atoms. The van der Waals surface area contributed by atoms with E-state index < -0.39 is 0 Å². The van der Waals surface area contributed by atoms with Crippen molar-refractivity contribution < 1.29 is 4.52 Å². The van der Waals surface area contributed by atoms with E-state index in [0.717, 1.165) is 18.7 Å². The molecule has 1 N–H and O–H groups in total. The molecule has 1 saturated heterocycles. The average Bonchev–Trinajstić information content (AvgIpc) is 2.97. The Morgan fingerprint density at radius 3 is 3.05 bits per heavy atom. The fourth-order valence-corrected chi connectivity index (χ4v) is 2.26. The maximum atomic E-state index is 9.12. The lowest BCUT2D eigenvalue weighted by atomic mass is 10.2. The van der Waals surface area contributed by atoms with Crippen LogP contribution < -0.4 is 5.32 Å². The SMILES string of the molecule is N#CC1CNCCN1Cc1nc(-c2ccccc2)no1. The quantitative estimate of drug-likeness (QED) is 0.896. The highest BCUT2D eigenvalue weighted by Crippen LogP contribution is 2.16. The standard InChI is InChI=1S/C14H15N5O/c15-8-12-9-16-6-7-19(12)10-13-17-14(18-20-13)11-4-2-1-3-5-11/h1-5,12,16H,6-7,9-10H2. The molecule has 6 heteroatoms. The van der Waals surface area contributed by atoms with E-state index in [1.807, 2.05) is 30.3 Å². The summed E-state index contributed by atoms with van der Waals surface area (Å²) in [5.74, 6) is 1.13. The third kappa shape index (κ3) is 2.69. The lowest BCUT2D eigenvalue weighted by Gasteiger charge is -2.30. The second-order valence-corrected chi connectivity index (χ2v) is 4.70. The minimum atomic E-state index is -0.143. The maximum absolute atomic E-state index is 9.12. The van der Waals surface area contributed by atoms with E-state index in [9.17, 15) is 0 Å². The first-order valence-corrected chi connectivity index (χ1v) is 6.59. The lowest BCUT2D eigenvalue weighted by Crippen LogP contribution is -2.50. The highest BCUT2D eigenvalue weighted by molar-refractivity contribution is 5.53. The molecule has 2 aromatic rings. The topological polar surface area (TPSA) is 78.0 Å². The number of aromatic nitrogens is 2. The van der Waals surface area contributed by atoms with Crippen molar-refractivity contribution in [2.75, 3.05) is 19.6 Å². The molecule has 1 aromatic heterocycles. The minimum absolute atomic E-state index is 0.143. The molecule has 20 heavy (non-hydrogen) atoms. The summed E-state index contributed by atoms with van der Waals surface area (Å²) in [5, 5.41) is 16.3. The van der Waals surface area contributed by atoms with E-state index in [4.69, 9.17) is 9.78 Å². The molecule has 0 saturated carbocycles. The monoisotopic (exact) mass is 269 g/mol. The van der Waals surface area contributed by atoms with Gasteiger partial charge in [0.25, 0.3) is 0 Å². The summed E-state index contributed by atoms with van der Waals surface area (Å²) in [6.45, 7) is 2.87. The van der Waals surface area contributed by atoms with Crippen LogP contribution in [-0.2, 0) is 6.54 Å². The third-order valence-electron chi connectivity index (χ3n) is 3.34. The molecule has 102 valence electrons. The third-order valence-corrected chi connectivity index (χ3v) is 3.34. The first kappa shape index (κ1) is 12.8. The second kappa shape index (κ2) is 5.82. The van der Waals surface area contributed by atoms with Crippen LogP contribution in [0.25, 0.3) is 11.4 Å². The number of nitrogens with zero attached hydrogens (tertiary/aromatic N) is 4. The Kier molecular flexibility index (Phi) is 3.72. The molecule has 0 amide bonds. The normalized spacial score (nSPS) is 19.6. The molecular formula is C14H15N5O. The van der Waals surface area contributed by atoms with Gasteiger partial charge in [-0.2, -0.15) is 10.2 Å². The molecule has 0 radical (unpaired) electrons. The number of benzene rings is 1. The van der Waals surface area contributed by atoms with E-state index in [0.29, 0.717) is 24.8 Å². The number of rotatable bonds is 3. The van der Waals surface area contributed by atoms with Crippen LogP contribution in [0.5, 0.6) is 0 Å². The number of nitrogens with one attached hydrogen (secondary N) is 1. The van der Waals surface area contributed by atoms with Gasteiger partial charge < -0.3 is 9.84 Å².